The second-order valence-corrected chi connectivity index (χ2v) is 4.10. The van der Waals surface area contributed by atoms with Gasteiger partial charge in [0, 0.05) is 24.5 Å². The summed E-state index contributed by atoms with van der Waals surface area (Å²) in [5, 5.41) is 5.66. The molecule has 0 amide bonds. The number of halogens is 1. The Morgan fingerprint density at radius 3 is 3.00 bits per heavy atom. The van der Waals surface area contributed by atoms with Crippen LogP contribution in [0.4, 0.5) is 10.3 Å². The van der Waals surface area contributed by atoms with Crippen molar-refractivity contribution >= 4 is 17.3 Å². The number of aromatic nitrogens is 3. The summed E-state index contributed by atoms with van der Waals surface area (Å²) in [5.74, 6) is 0.0623. The third-order valence-electron chi connectivity index (χ3n) is 1.95. The molecule has 2 aromatic rings. The van der Waals surface area contributed by atoms with E-state index in [1.807, 2.05) is 12.3 Å². The summed E-state index contributed by atoms with van der Waals surface area (Å²) in [4.78, 5) is 12.0. The van der Waals surface area contributed by atoms with Crippen LogP contribution in [-0.4, -0.2) is 21.5 Å². The Balaban J connectivity index is 2.21. The standard InChI is InChI=1S/C10H11FN4S/c1-2-12-10-14-6-7(11)8(15-10)5-9-13-3-4-16-9/h3-4,6H,2,5H2,1H3,(H,12,14,15). The molecule has 0 aliphatic heterocycles. The van der Waals surface area contributed by atoms with Gasteiger partial charge in [0.25, 0.3) is 0 Å². The highest BCUT2D eigenvalue weighted by atomic mass is 32.1. The van der Waals surface area contributed by atoms with Crippen molar-refractivity contribution in [1.29, 1.82) is 0 Å². The molecule has 0 bridgehead atoms. The Morgan fingerprint density at radius 2 is 2.31 bits per heavy atom. The van der Waals surface area contributed by atoms with Crippen molar-refractivity contribution in [3.63, 3.8) is 0 Å². The van der Waals surface area contributed by atoms with E-state index >= 15 is 0 Å². The fraction of sp³-hybridized carbons (Fsp3) is 0.300. The van der Waals surface area contributed by atoms with E-state index in [9.17, 15) is 4.39 Å². The fourth-order valence-corrected chi connectivity index (χ4v) is 1.87. The van der Waals surface area contributed by atoms with E-state index in [0.29, 0.717) is 24.6 Å². The average Bonchev–Trinajstić information content (AvgIpc) is 2.76. The minimum absolute atomic E-state index is 0.376. The quantitative estimate of drug-likeness (QED) is 0.886. The van der Waals surface area contributed by atoms with Gasteiger partial charge in [0.1, 0.15) is 0 Å². The van der Waals surface area contributed by atoms with Gasteiger partial charge in [0.15, 0.2) is 5.82 Å². The molecule has 0 aliphatic carbocycles. The minimum Gasteiger partial charge on any atom is -0.354 e. The molecule has 2 aromatic heterocycles. The Hall–Kier alpha value is -1.56. The van der Waals surface area contributed by atoms with Crippen LogP contribution in [0.1, 0.15) is 17.6 Å². The summed E-state index contributed by atoms with van der Waals surface area (Å²) < 4.78 is 13.4. The highest BCUT2D eigenvalue weighted by Crippen LogP contribution is 2.13. The molecule has 1 N–H and O–H groups in total. The van der Waals surface area contributed by atoms with Crippen LogP contribution in [0, 0.1) is 5.82 Å². The van der Waals surface area contributed by atoms with Gasteiger partial charge in [-0.3, -0.25) is 0 Å². The maximum atomic E-state index is 13.4. The smallest absolute Gasteiger partial charge is 0.223 e. The summed E-state index contributed by atoms with van der Waals surface area (Å²) in [5.41, 5.74) is 0.376. The van der Waals surface area contributed by atoms with E-state index in [1.165, 1.54) is 17.5 Å². The number of anilines is 1. The molecule has 16 heavy (non-hydrogen) atoms. The molecule has 0 fully saturated rings. The Labute approximate surface area is 96.6 Å². The molecule has 4 nitrogen and oxygen atoms in total. The largest absolute Gasteiger partial charge is 0.354 e. The van der Waals surface area contributed by atoms with E-state index in [-0.39, 0.29) is 0 Å². The molecular weight excluding hydrogens is 227 g/mol. The molecule has 0 radical (unpaired) electrons. The number of rotatable bonds is 4. The van der Waals surface area contributed by atoms with Crippen LogP contribution in [0.5, 0.6) is 0 Å². The molecule has 0 aliphatic rings. The molecule has 0 atom stereocenters. The summed E-state index contributed by atoms with van der Waals surface area (Å²) in [6, 6.07) is 0. The van der Waals surface area contributed by atoms with Crippen molar-refractivity contribution in [1.82, 2.24) is 15.0 Å². The second kappa shape index (κ2) is 4.98. The molecule has 0 saturated carbocycles. The van der Waals surface area contributed by atoms with Crippen molar-refractivity contribution in [3.05, 3.63) is 34.3 Å². The van der Waals surface area contributed by atoms with E-state index in [1.54, 1.807) is 6.20 Å². The van der Waals surface area contributed by atoms with Gasteiger partial charge in [-0.05, 0) is 6.92 Å². The predicted octanol–water partition coefficient (Wildman–Crippen LogP) is 2.09. The molecule has 2 heterocycles. The first-order valence-electron chi connectivity index (χ1n) is 4.93. The van der Waals surface area contributed by atoms with Crippen molar-refractivity contribution in [3.8, 4) is 0 Å². The van der Waals surface area contributed by atoms with Crippen LogP contribution in [0.2, 0.25) is 0 Å². The molecule has 0 spiro atoms. The first-order chi connectivity index (χ1) is 7.79. The molecular formula is C10H11FN4S. The maximum Gasteiger partial charge on any atom is 0.223 e. The van der Waals surface area contributed by atoms with Crippen LogP contribution in [0.3, 0.4) is 0 Å². The average molecular weight is 238 g/mol. The van der Waals surface area contributed by atoms with E-state index < -0.39 is 5.82 Å². The zero-order chi connectivity index (χ0) is 11.4. The monoisotopic (exact) mass is 238 g/mol. The van der Waals surface area contributed by atoms with Gasteiger partial charge in [-0.15, -0.1) is 11.3 Å². The number of hydrogen-bond acceptors (Lipinski definition) is 5. The molecule has 84 valence electrons. The molecule has 0 aromatic carbocycles. The van der Waals surface area contributed by atoms with Gasteiger partial charge < -0.3 is 5.32 Å². The number of nitrogens with one attached hydrogen (secondary N) is 1. The lowest BCUT2D eigenvalue weighted by atomic mass is 10.3. The molecule has 0 unspecified atom stereocenters. The lowest BCUT2D eigenvalue weighted by molar-refractivity contribution is 0.596. The van der Waals surface area contributed by atoms with Crippen molar-refractivity contribution in [2.45, 2.75) is 13.3 Å². The first kappa shape index (κ1) is 10.9. The third-order valence-corrected chi connectivity index (χ3v) is 2.73. The third kappa shape index (κ3) is 2.52. The maximum absolute atomic E-state index is 13.4. The highest BCUT2D eigenvalue weighted by Gasteiger charge is 2.08. The highest BCUT2D eigenvalue weighted by molar-refractivity contribution is 7.09. The number of thiazole rings is 1. The van der Waals surface area contributed by atoms with Gasteiger partial charge in [-0.25, -0.2) is 19.3 Å². The van der Waals surface area contributed by atoms with Gasteiger partial charge >= 0.3 is 0 Å². The number of hydrogen-bond donors (Lipinski definition) is 1. The van der Waals surface area contributed by atoms with Crippen LogP contribution < -0.4 is 5.32 Å². The Kier molecular flexibility index (Phi) is 3.40. The summed E-state index contributed by atoms with van der Waals surface area (Å²) in [6.45, 7) is 2.65. The van der Waals surface area contributed by atoms with Crippen LogP contribution in [-0.2, 0) is 6.42 Å². The van der Waals surface area contributed by atoms with Crippen molar-refractivity contribution in [2.75, 3.05) is 11.9 Å². The zero-order valence-electron chi connectivity index (χ0n) is 8.77. The normalized spacial score (nSPS) is 10.4. The van der Waals surface area contributed by atoms with Crippen LogP contribution >= 0.6 is 11.3 Å². The van der Waals surface area contributed by atoms with Gasteiger partial charge in [-0.2, -0.15) is 0 Å². The number of nitrogens with zero attached hydrogens (tertiary/aromatic N) is 3. The summed E-state index contributed by atoms with van der Waals surface area (Å²) >= 11 is 1.49. The van der Waals surface area contributed by atoms with E-state index in [0.717, 1.165) is 5.01 Å². The van der Waals surface area contributed by atoms with E-state index in [4.69, 9.17) is 0 Å². The molecule has 6 heteroatoms. The molecule has 2 rings (SSSR count). The minimum atomic E-state index is -0.392. The SMILES string of the molecule is CCNc1ncc(F)c(Cc2nccs2)n1. The van der Waals surface area contributed by atoms with Crippen LogP contribution in [0.15, 0.2) is 17.8 Å². The van der Waals surface area contributed by atoms with Crippen molar-refractivity contribution < 1.29 is 4.39 Å². The first-order valence-corrected chi connectivity index (χ1v) is 5.81. The Morgan fingerprint density at radius 1 is 1.44 bits per heavy atom. The van der Waals surface area contributed by atoms with Gasteiger partial charge in [-0.1, -0.05) is 0 Å². The lowest BCUT2D eigenvalue weighted by Crippen LogP contribution is -2.06. The second-order valence-electron chi connectivity index (χ2n) is 3.12. The topological polar surface area (TPSA) is 50.7 Å². The van der Waals surface area contributed by atoms with Gasteiger partial charge in [0.2, 0.25) is 5.95 Å². The Bertz CT molecular complexity index is 458. The molecule has 0 saturated heterocycles. The lowest BCUT2D eigenvalue weighted by Gasteiger charge is -2.04. The van der Waals surface area contributed by atoms with Crippen LogP contribution in [0.25, 0.3) is 0 Å². The predicted molar refractivity (Wildman–Crippen MR) is 61.1 cm³/mol. The zero-order valence-corrected chi connectivity index (χ0v) is 9.59. The summed E-state index contributed by atoms with van der Waals surface area (Å²) in [6.07, 6.45) is 3.29. The van der Waals surface area contributed by atoms with Gasteiger partial charge in [0.05, 0.1) is 16.9 Å². The fourth-order valence-electron chi connectivity index (χ4n) is 1.25. The van der Waals surface area contributed by atoms with E-state index in [2.05, 4.69) is 20.3 Å². The van der Waals surface area contributed by atoms with Crippen molar-refractivity contribution in [2.24, 2.45) is 0 Å². The summed E-state index contributed by atoms with van der Waals surface area (Å²) in [7, 11) is 0.